The van der Waals surface area contributed by atoms with Crippen molar-refractivity contribution in [2.45, 2.75) is 102 Å². The fraction of sp³-hybridized carbons (Fsp3) is 0.727. The predicted molar refractivity (Wildman–Crippen MR) is 108 cm³/mol. The summed E-state index contributed by atoms with van der Waals surface area (Å²) in [6, 6.07) is 12.5. The van der Waals surface area contributed by atoms with Crippen LogP contribution < -0.4 is 0 Å². The lowest BCUT2D eigenvalue weighted by molar-refractivity contribution is 0.126. The van der Waals surface area contributed by atoms with Crippen molar-refractivity contribution in [1.82, 2.24) is 0 Å². The summed E-state index contributed by atoms with van der Waals surface area (Å²) in [7, 11) is -1.71. The van der Waals surface area contributed by atoms with Gasteiger partial charge in [0.2, 0.25) is 0 Å². The monoisotopic (exact) mass is 346 g/mol. The Hall–Kier alpha value is -0.603. The first-order chi connectivity index (χ1) is 11.5. The third-order valence-corrected chi connectivity index (χ3v) is 11.9. The Balaban J connectivity index is 2.17. The normalized spacial score (nSPS) is 23.8. The highest BCUT2D eigenvalue weighted by molar-refractivity contribution is 6.76. The zero-order valence-corrected chi connectivity index (χ0v) is 17.6. The van der Waals surface area contributed by atoms with E-state index >= 15 is 0 Å². The SMILES string of the molecule is CCCCCC[C@H]1C[C@H](c2ccccc2)C[Si](C(C)C)(C(C)C)O1. The maximum Gasteiger partial charge on any atom is 0.198 e. The van der Waals surface area contributed by atoms with Crippen LogP contribution in [0.15, 0.2) is 30.3 Å². The molecule has 0 bridgehead atoms. The molecule has 1 heterocycles. The van der Waals surface area contributed by atoms with E-state index in [1.54, 1.807) is 0 Å². The Labute approximate surface area is 151 Å². The van der Waals surface area contributed by atoms with Gasteiger partial charge in [-0.1, -0.05) is 90.6 Å². The summed E-state index contributed by atoms with van der Waals surface area (Å²) >= 11 is 0. The van der Waals surface area contributed by atoms with Gasteiger partial charge in [0.15, 0.2) is 8.32 Å². The van der Waals surface area contributed by atoms with Crippen LogP contribution in [0.5, 0.6) is 0 Å². The van der Waals surface area contributed by atoms with Crippen molar-refractivity contribution in [3.05, 3.63) is 35.9 Å². The van der Waals surface area contributed by atoms with Gasteiger partial charge in [-0.2, -0.15) is 0 Å². The molecule has 0 radical (unpaired) electrons. The van der Waals surface area contributed by atoms with Gasteiger partial charge in [0.25, 0.3) is 0 Å². The van der Waals surface area contributed by atoms with E-state index in [4.69, 9.17) is 4.43 Å². The highest BCUT2D eigenvalue weighted by Gasteiger charge is 2.48. The molecular formula is C22H38OSi. The minimum absolute atomic E-state index is 0.484. The molecule has 1 saturated heterocycles. The average Bonchev–Trinajstić information content (AvgIpc) is 2.59. The lowest BCUT2D eigenvalue weighted by Gasteiger charge is -2.48. The van der Waals surface area contributed by atoms with Crippen LogP contribution in [0.3, 0.4) is 0 Å². The first-order valence-corrected chi connectivity index (χ1v) is 12.5. The predicted octanol–water partition coefficient (Wildman–Crippen LogP) is 7.30. The van der Waals surface area contributed by atoms with Crippen molar-refractivity contribution in [2.75, 3.05) is 0 Å². The van der Waals surface area contributed by atoms with Gasteiger partial charge < -0.3 is 4.43 Å². The first kappa shape index (κ1) is 19.7. The van der Waals surface area contributed by atoms with E-state index in [-0.39, 0.29) is 0 Å². The summed E-state index contributed by atoms with van der Waals surface area (Å²) in [5, 5.41) is 0. The van der Waals surface area contributed by atoms with Gasteiger partial charge in [0.05, 0.1) is 0 Å². The highest BCUT2D eigenvalue weighted by Crippen LogP contribution is 2.48. The van der Waals surface area contributed by atoms with Crippen molar-refractivity contribution in [2.24, 2.45) is 0 Å². The Morgan fingerprint density at radius 2 is 1.67 bits per heavy atom. The van der Waals surface area contributed by atoms with Crippen LogP contribution in [0.25, 0.3) is 0 Å². The van der Waals surface area contributed by atoms with Gasteiger partial charge in [-0.25, -0.2) is 0 Å². The maximum atomic E-state index is 6.97. The van der Waals surface area contributed by atoms with Gasteiger partial charge in [-0.15, -0.1) is 0 Å². The molecule has 0 N–H and O–H groups in total. The van der Waals surface area contributed by atoms with E-state index < -0.39 is 8.32 Å². The summed E-state index contributed by atoms with van der Waals surface area (Å²) < 4.78 is 6.97. The lowest BCUT2D eigenvalue weighted by Crippen LogP contribution is -2.52. The van der Waals surface area contributed by atoms with Gasteiger partial charge >= 0.3 is 0 Å². The minimum atomic E-state index is -1.71. The van der Waals surface area contributed by atoms with Crippen LogP contribution >= 0.6 is 0 Å². The van der Waals surface area contributed by atoms with Crippen molar-refractivity contribution in [1.29, 1.82) is 0 Å². The number of hydrogen-bond donors (Lipinski definition) is 0. The van der Waals surface area contributed by atoms with Gasteiger partial charge in [0, 0.05) is 6.10 Å². The molecule has 136 valence electrons. The van der Waals surface area contributed by atoms with E-state index in [1.165, 1.54) is 50.1 Å². The molecular weight excluding hydrogens is 308 g/mol. The van der Waals surface area contributed by atoms with Gasteiger partial charge in [-0.05, 0) is 41.4 Å². The van der Waals surface area contributed by atoms with Crippen molar-refractivity contribution in [3.8, 4) is 0 Å². The summed E-state index contributed by atoms with van der Waals surface area (Å²) in [6.45, 7) is 11.9. The van der Waals surface area contributed by atoms with Crippen LogP contribution in [-0.4, -0.2) is 14.4 Å². The first-order valence-electron chi connectivity index (χ1n) is 10.2. The van der Waals surface area contributed by atoms with Crippen LogP contribution in [-0.2, 0) is 4.43 Å². The number of benzene rings is 1. The standard InChI is InChI=1S/C22H38OSi/c1-6-7-8-12-15-22-16-21(20-13-10-9-11-14-20)17-24(23-22,18(2)3)19(4)5/h9-11,13-14,18-19,21-22H,6-8,12,15-17H2,1-5H3/t21-,22-/m0/s1. The van der Waals surface area contributed by atoms with Gasteiger partial charge in [-0.3, -0.25) is 0 Å². The molecule has 1 fully saturated rings. The molecule has 0 saturated carbocycles. The van der Waals surface area contributed by atoms with Gasteiger partial charge in [0.1, 0.15) is 0 Å². The molecule has 0 aromatic heterocycles. The second kappa shape index (κ2) is 9.19. The van der Waals surface area contributed by atoms with E-state index in [9.17, 15) is 0 Å². The smallest absolute Gasteiger partial charge is 0.198 e. The molecule has 1 aliphatic heterocycles. The second-order valence-corrected chi connectivity index (χ2v) is 13.3. The molecule has 1 aliphatic rings. The molecule has 0 aliphatic carbocycles. The van der Waals surface area contributed by atoms with Crippen molar-refractivity contribution in [3.63, 3.8) is 0 Å². The van der Waals surface area contributed by atoms with E-state index in [1.807, 2.05) is 0 Å². The zero-order valence-electron chi connectivity index (χ0n) is 16.6. The van der Waals surface area contributed by atoms with Crippen molar-refractivity contribution >= 4 is 8.32 Å². The molecule has 24 heavy (non-hydrogen) atoms. The van der Waals surface area contributed by atoms with Crippen LogP contribution in [0.4, 0.5) is 0 Å². The lowest BCUT2D eigenvalue weighted by atomic mass is 9.92. The van der Waals surface area contributed by atoms with Crippen LogP contribution in [0.2, 0.25) is 17.1 Å². The topological polar surface area (TPSA) is 9.23 Å². The fourth-order valence-electron chi connectivity index (χ4n) is 4.56. The van der Waals surface area contributed by atoms with Crippen molar-refractivity contribution < 1.29 is 4.43 Å². The Bertz CT molecular complexity index is 460. The summed E-state index contributed by atoms with van der Waals surface area (Å²) in [5.41, 5.74) is 2.93. The second-order valence-electron chi connectivity index (χ2n) is 8.40. The number of hydrogen-bond acceptors (Lipinski definition) is 1. The average molecular weight is 347 g/mol. The van der Waals surface area contributed by atoms with Crippen LogP contribution in [0.1, 0.15) is 84.6 Å². The fourth-order valence-corrected chi connectivity index (χ4v) is 9.48. The summed E-state index contributed by atoms with van der Waals surface area (Å²) in [6.07, 6.45) is 8.35. The highest BCUT2D eigenvalue weighted by atomic mass is 28.4. The van der Waals surface area contributed by atoms with Crippen LogP contribution in [0, 0.1) is 0 Å². The molecule has 1 nitrogen and oxygen atoms in total. The molecule has 1 aromatic carbocycles. The molecule has 0 amide bonds. The van der Waals surface area contributed by atoms with E-state index in [2.05, 4.69) is 65.0 Å². The Morgan fingerprint density at radius 1 is 1.00 bits per heavy atom. The molecule has 1 aromatic rings. The quantitative estimate of drug-likeness (QED) is 0.354. The minimum Gasteiger partial charge on any atom is -0.413 e. The number of unbranched alkanes of at least 4 members (excludes halogenated alkanes) is 3. The molecule has 0 spiro atoms. The van der Waals surface area contributed by atoms with E-state index in [0.717, 1.165) is 0 Å². The Morgan fingerprint density at radius 3 is 2.25 bits per heavy atom. The maximum absolute atomic E-state index is 6.97. The molecule has 2 heteroatoms. The zero-order chi connectivity index (χ0) is 17.6. The molecule has 2 atom stereocenters. The largest absolute Gasteiger partial charge is 0.413 e. The van der Waals surface area contributed by atoms with E-state index in [0.29, 0.717) is 23.1 Å². The number of rotatable bonds is 8. The Kier molecular flexibility index (Phi) is 7.55. The summed E-state index contributed by atoms with van der Waals surface area (Å²) in [4.78, 5) is 0. The summed E-state index contributed by atoms with van der Waals surface area (Å²) in [5.74, 6) is 0.701. The molecule has 2 rings (SSSR count). The third kappa shape index (κ3) is 4.73. The molecule has 0 unspecified atom stereocenters. The third-order valence-electron chi connectivity index (χ3n) is 6.10.